The van der Waals surface area contributed by atoms with E-state index in [-0.39, 0.29) is 11.9 Å². The van der Waals surface area contributed by atoms with E-state index in [1.54, 1.807) is 6.92 Å². The third kappa shape index (κ3) is 19.0. The molecular weight excluding hydrogens is 540 g/mol. The average Bonchev–Trinajstić information content (AvgIpc) is 3.84. The Morgan fingerprint density at radius 3 is 1.84 bits per heavy atom. The van der Waals surface area contributed by atoms with Gasteiger partial charge in [-0.1, -0.05) is 102 Å². The molecule has 0 radical (unpaired) electrons. The maximum atomic E-state index is 11.4. The van der Waals surface area contributed by atoms with Crippen LogP contribution in [0.25, 0.3) is 0 Å². The normalized spacial score (nSPS) is 14.5. The number of unbranched alkanes of at least 4 members (excludes halogenated alkanes) is 1. The van der Waals surface area contributed by atoms with Crippen LogP contribution in [0.5, 0.6) is 0 Å². The molecule has 1 fully saturated rings. The molecule has 0 aromatic heterocycles. The summed E-state index contributed by atoms with van der Waals surface area (Å²) in [5, 5.41) is 9.99. The Labute approximate surface area is 271 Å². The van der Waals surface area contributed by atoms with Crippen molar-refractivity contribution in [3.63, 3.8) is 0 Å². The van der Waals surface area contributed by atoms with E-state index in [9.17, 15) is 14.7 Å². The van der Waals surface area contributed by atoms with Gasteiger partial charge in [-0.15, -0.1) is 6.58 Å². The van der Waals surface area contributed by atoms with E-state index >= 15 is 0 Å². The van der Waals surface area contributed by atoms with Crippen LogP contribution < -0.4 is 0 Å². The number of rotatable bonds is 17. The van der Waals surface area contributed by atoms with Crippen LogP contribution in [0.4, 0.5) is 0 Å². The lowest BCUT2D eigenvalue weighted by atomic mass is 9.91. The highest BCUT2D eigenvalue weighted by atomic mass is 16.3. The summed E-state index contributed by atoms with van der Waals surface area (Å²) in [7, 11) is 0. The molecule has 0 bridgehead atoms. The Kier molecular flexibility index (Phi) is 19.8. The summed E-state index contributed by atoms with van der Waals surface area (Å²) in [4.78, 5) is 22.0. The molecule has 0 saturated heterocycles. The fourth-order valence-electron chi connectivity index (χ4n) is 5.11. The van der Waals surface area contributed by atoms with Crippen LogP contribution in [-0.4, -0.2) is 22.8 Å². The van der Waals surface area contributed by atoms with Gasteiger partial charge in [0.1, 0.15) is 11.6 Å². The molecule has 0 amide bonds. The van der Waals surface area contributed by atoms with Crippen molar-refractivity contribution < 1.29 is 14.7 Å². The summed E-state index contributed by atoms with van der Waals surface area (Å²) in [6.45, 7) is 20.6. The first-order valence-corrected chi connectivity index (χ1v) is 17.3. The van der Waals surface area contributed by atoms with Crippen LogP contribution in [0.1, 0.15) is 141 Å². The zero-order chi connectivity index (χ0) is 33.1. The van der Waals surface area contributed by atoms with Crippen molar-refractivity contribution in [3.05, 3.63) is 83.4 Å². The van der Waals surface area contributed by atoms with Crippen LogP contribution >= 0.6 is 0 Å². The molecular formula is C41H64O3. The molecule has 3 heteroatoms. The molecule has 1 N–H and O–H groups in total. The van der Waals surface area contributed by atoms with Gasteiger partial charge in [-0.25, -0.2) is 0 Å². The molecule has 0 aliphatic heterocycles. The van der Waals surface area contributed by atoms with Gasteiger partial charge in [0.15, 0.2) is 0 Å². The minimum Gasteiger partial charge on any atom is -0.393 e. The smallest absolute Gasteiger partial charge is 0.132 e. The van der Waals surface area contributed by atoms with E-state index in [0.29, 0.717) is 42.8 Å². The topological polar surface area (TPSA) is 54.4 Å². The second-order valence-corrected chi connectivity index (χ2v) is 14.0. The Bertz CT molecular complexity index is 1060. The molecule has 44 heavy (non-hydrogen) atoms. The van der Waals surface area contributed by atoms with Gasteiger partial charge in [-0.05, 0) is 106 Å². The molecule has 3 rings (SSSR count). The zero-order valence-electron chi connectivity index (χ0n) is 29.4. The fraction of sp³-hybridized carbons (Fsp3) is 0.610. The van der Waals surface area contributed by atoms with Crippen molar-refractivity contribution in [1.29, 1.82) is 0 Å². The monoisotopic (exact) mass is 604 g/mol. The van der Waals surface area contributed by atoms with Crippen LogP contribution in [0.3, 0.4) is 0 Å². The molecule has 3 unspecified atom stereocenters. The summed E-state index contributed by atoms with van der Waals surface area (Å²) in [6.07, 6.45) is 11.9. The van der Waals surface area contributed by atoms with E-state index < -0.39 is 0 Å². The molecule has 0 heterocycles. The lowest BCUT2D eigenvalue weighted by molar-refractivity contribution is -0.120. The maximum absolute atomic E-state index is 11.4. The number of aliphatic hydroxyl groups is 1. The fourth-order valence-corrected chi connectivity index (χ4v) is 5.11. The highest BCUT2D eigenvalue weighted by Gasteiger charge is 2.24. The van der Waals surface area contributed by atoms with Crippen LogP contribution in [0.2, 0.25) is 0 Å². The van der Waals surface area contributed by atoms with E-state index in [1.165, 1.54) is 35.1 Å². The molecule has 1 aliphatic rings. The molecule has 3 atom stereocenters. The predicted octanol–water partition coefficient (Wildman–Crippen LogP) is 10.8. The molecule has 0 spiro atoms. The van der Waals surface area contributed by atoms with Gasteiger partial charge in [-0.3, -0.25) is 4.79 Å². The maximum Gasteiger partial charge on any atom is 0.132 e. The Morgan fingerprint density at radius 1 is 0.841 bits per heavy atom. The molecule has 2 aromatic carbocycles. The van der Waals surface area contributed by atoms with E-state index in [1.807, 2.05) is 6.08 Å². The second kappa shape index (κ2) is 22.1. The molecule has 3 nitrogen and oxygen atoms in total. The SMILES string of the molecule is C=CC(C)CCC(=O)CCCCC(C)=O.CC(C)C1CC1.Cc1ccc(C(C)c2ccc(CCC(O)CC(C)C)cc2)cc1. The quantitative estimate of drug-likeness (QED) is 0.144. The standard InChI is InChI=1S/C22H30O.C13H22O2.C6H12/c1-16(2)15-22(23)14-9-19-7-12-21(13-8-19)18(4)20-10-5-17(3)6-11-20;1-4-11(2)9-10-13(15)8-6-5-7-12(3)14;1-5(2)6-3-4-6/h5-8,10-13,16,18,22-23H,9,14-15H2,1-4H3;4,11H,1,5-10H2,2-3H3;5-6H,3-4H2,1-2H3. The third-order valence-electron chi connectivity index (χ3n) is 8.65. The van der Waals surface area contributed by atoms with Gasteiger partial charge in [-0.2, -0.15) is 0 Å². The molecule has 1 aliphatic carbocycles. The zero-order valence-corrected chi connectivity index (χ0v) is 29.4. The van der Waals surface area contributed by atoms with Gasteiger partial charge in [0, 0.05) is 25.2 Å². The van der Waals surface area contributed by atoms with Crippen molar-refractivity contribution in [2.24, 2.45) is 23.7 Å². The number of benzene rings is 2. The van der Waals surface area contributed by atoms with Crippen molar-refractivity contribution in [3.8, 4) is 0 Å². The van der Waals surface area contributed by atoms with Gasteiger partial charge < -0.3 is 9.90 Å². The first-order valence-electron chi connectivity index (χ1n) is 17.3. The molecule has 2 aromatic rings. The second-order valence-electron chi connectivity index (χ2n) is 14.0. The van der Waals surface area contributed by atoms with E-state index in [0.717, 1.165) is 50.4 Å². The summed E-state index contributed by atoms with van der Waals surface area (Å²) in [5.41, 5.74) is 5.32. The van der Waals surface area contributed by atoms with Gasteiger partial charge in [0.2, 0.25) is 0 Å². The summed E-state index contributed by atoms with van der Waals surface area (Å²) in [6, 6.07) is 17.7. The first-order chi connectivity index (χ1) is 20.8. The highest BCUT2D eigenvalue weighted by molar-refractivity contribution is 5.78. The summed E-state index contributed by atoms with van der Waals surface area (Å²) >= 11 is 0. The van der Waals surface area contributed by atoms with Gasteiger partial charge in [0.25, 0.3) is 0 Å². The van der Waals surface area contributed by atoms with Crippen LogP contribution in [0, 0.1) is 30.6 Å². The molecule has 246 valence electrons. The minimum absolute atomic E-state index is 0.179. The Morgan fingerprint density at radius 2 is 1.39 bits per heavy atom. The van der Waals surface area contributed by atoms with Crippen LogP contribution in [-0.2, 0) is 16.0 Å². The van der Waals surface area contributed by atoms with Gasteiger partial charge in [0.05, 0.1) is 6.10 Å². The minimum atomic E-state index is -0.179. The Hall–Kier alpha value is -2.52. The average molecular weight is 605 g/mol. The van der Waals surface area contributed by atoms with Crippen molar-refractivity contribution >= 4 is 11.6 Å². The lowest BCUT2D eigenvalue weighted by Gasteiger charge is -2.15. The summed E-state index contributed by atoms with van der Waals surface area (Å²) < 4.78 is 0. The Balaban J connectivity index is 0.000000392. The number of hydrogen-bond donors (Lipinski definition) is 1. The highest BCUT2D eigenvalue weighted by Crippen LogP contribution is 2.35. The van der Waals surface area contributed by atoms with E-state index in [4.69, 9.17) is 0 Å². The lowest BCUT2D eigenvalue weighted by Crippen LogP contribution is -2.11. The first kappa shape index (κ1) is 39.5. The van der Waals surface area contributed by atoms with Crippen molar-refractivity contribution in [1.82, 2.24) is 0 Å². The number of hydrogen-bond acceptors (Lipinski definition) is 3. The number of allylic oxidation sites excluding steroid dienone is 1. The van der Waals surface area contributed by atoms with Gasteiger partial charge >= 0.3 is 0 Å². The summed E-state index contributed by atoms with van der Waals surface area (Å²) in [5.74, 6) is 3.98. The molecule has 1 saturated carbocycles. The van der Waals surface area contributed by atoms with Crippen molar-refractivity contribution in [2.45, 2.75) is 138 Å². The number of aryl methyl sites for hydroxylation is 2. The number of carbonyl (C=O) groups excluding carboxylic acids is 2. The predicted molar refractivity (Wildman–Crippen MR) is 189 cm³/mol. The number of ketones is 2. The third-order valence-corrected chi connectivity index (χ3v) is 8.65. The van der Waals surface area contributed by atoms with E-state index in [2.05, 4.69) is 104 Å². The van der Waals surface area contributed by atoms with Crippen LogP contribution in [0.15, 0.2) is 61.2 Å². The number of Topliss-reactive ketones (excluding diaryl/α,β-unsaturated/α-hetero) is 2. The number of carbonyl (C=O) groups is 2. The number of aliphatic hydroxyl groups excluding tert-OH is 1. The largest absolute Gasteiger partial charge is 0.393 e. The van der Waals surface area contributed by atoms with Crippen molar-refractivity contribution in [2.75, 3.05) is 0 Å².